The summed E-state index contributed by atoms with van der Waals surface area (Å²) in [5.41, 5.74) is 14.8. The number of benzene rings is 1. The van der Waals surface area contributed by atoms with Gasteiger partial charge >= 0.3 is 0 Å². The molecule has 0 bridgehead atoms. The van der Waals surface area contributed by atoms with Gasteiger partial charge in [-0.05, 0) is 42.7 Å². The molecule has 0 saturated heterocycles. The Bertz CT molecular complexity index is 398. The summed E-state index contributed by atoms with van der Waals surface area (Å²) in [6.07, 6.45) is 8.77. The van der Waals surface area contributed by atoms with Crippen molar-refractivity contribution in [2.24, 2.45) is 11.5 Å². The van der Waals surface area contributed by atoms with E-state index in [-0.39, 0.29) is 5.54 Å². The molecule has 0 atom stereocenters. The fourth-order valence-electron chi connectivity index (χ4n) is 3.63. The molecule has 4 N–H and O–H groups in total. The van der Waals surface area contributed by atoms with Crippen LogP contribution in [-0.2, 0) is 5.54 Å². The van der Waals surface area contributed by atoms with Gasteiger partial charge in [-0.15, -0.1) is 0 Å². The maximum absolute atomic E-state index is 6.36. The highest BCUT2D eigenvalue weighted by atomic mass is 14.9. The first-order valence-corrected chi connectivity index (χ1v) is 7.32. The van der Waals surface area contributed by atoms with E-state index in [4.69, 9.17) is 11.5 Å². The molecule has 0 aliphatic heterocycles. The zero-order chi connectivity index (χ0) is 12.6. The molecule has 1 aromatic carbocycles. The second-order valence-electron chi connectivity index (χ2n) is 6.28. The largest absolute Gasteiger partial charge is 0.328 e. The maximum atomic E-state index is 6.36. The lowest BCUT2D eigenvalue weighted by Gasteiger charge is -2.43. The quantitative estimate of drug-likeness (QED) is 0.840. The Morgan fingerprint density at radius 2 is 1.56 bits per heavy atom. The molecule has 0 spiro atoms. The first-order valence-electron chi connectivity index (χ1n) is 7.32. The maximum Gasteiger partial charge on any atom is 0.0439 e. The fourth-order valence-corrected chi connectivity index (χ4v) is 3.63. The van der Waals surface area contributed by atoms with Gasteiger partial charge in [-0.25, -0.2) is 0 Å². The van der Waals surface area contributed by atoms with Gasteiger partial charge in [0.05, 0.1) is 0 Å². The smallest absolute Gasteiger partial charge is 0.0439 e. The third-order valence-corrected chi connectivity index (χ3v) is 4.82. The van der Waals surface area contributed by atoms with Crippen LogP contribution in [0.5, 0.6) is 0 Å². The van der Waals surface area contributed by atoms with Crippen molar-refractivity contribution in [1.82, 2.24) is 0 Å². The first kappa shape index (κ1) is 12.2. The molecule has 0 aromatic heterocycles. The fraction of sp³-hybridized carbons (Fsp3) is 0.625. The molecule has 2 aliphatic rings. The average molecular weight is 244 g/mol. The van der Waals surface area contributed by atoms with Gasteiger partial charge in [0.2, 0.25) is 0 Å². The highest BCUT2D eigenvalue weighted by Gasteiger charge is 2.40. The summed E-state index contributed by atoms with van der Waals surface area (Å²) in [6.45, 7) is 0. The normalized spacial score (nSPS) is 33.1. The van der Waals surface area contributed by atoms with E-state index in [0.29, 0.717) is 6.04 Å². The van der Waals surface area contributed by atoms with Gasteiger partial charge < -0.3 is 11.5 Å². The third kappa shape index (κ3) is 2.19. The van der Waals surface area contributed by atoms with Gasteiger partial charge in [-0.3, -0.25) is 0 Å². The van der Waals surface area contributed by atoms with Gasteiger partial charge in [0.25, 0.3) is 0 Å². The summed E-state index contributed by atoms with van der Waals surface area (Å²) in [4.78, 5) is 0. The van der Waals surface area contributed by atoms with Gasteiger partial charge in [-0.2, -0.15) is 0 Å². The lowest BCUT2D eigenvalue weighted by Crippen LogP contribution is -2.55. The summed E-state index contributed by atoms with van der Waals surface area (Å²) < 4.78 is 0. The molecule has 18 heavy (non-hydrogen) atoms. The van der Waals surface area contributed by atoms with Crippen molar-refractivity contribution in [2.45, 2.75) is 62.4 Å². The highest BCUT2D eigenvalue weighted by Crippen LogP contribution is 2.39. The van der Waals surface area contributed by atoms with Crippen molar-refractivity contribution < 1.29 is 0 Å². The average Bonchev–Trinajstić information content (AvgIpc) is 2.38. The lowest BCUT2D eigenvalue weighted by molar-refractivity contribution is 0.211. The molecule has 0 heterocycles. The molecule has 0 amide bonds. The van der Waals surface area contributed by atoms with Crippen LogP contribution in [0.25, 0.3) is 0 Å². The molecular formula is C16H24N2. The van der Waals surface area contributed by atoms with Gasteiger partial charge in [-0.1, -0.05) is 43.5 Å². The highest BCUT2D eigenvalue weighted by molar-refractivity contribution is 5.32. The van der Waals surface area contributed by atoms with E-state index in [9.17, 15) is 0 Å². The Kier molecular flexibility index (Phi) is 3.16. The second-order valence-corrected chi connectivity index (χ2v) is 6.28. The Labute approximate surface area is 110 Å². The molecule has 2 aliphatic carbocycles. The van der Waals surface area contributed by atoms with Crippen LogP contribution in [0.4, 0.5) is 0 Å². The SMILES string of the molecule is NC1CC(N)(c2ccc(C3CCCCC3)cc2)C1. The molecule has 0 radical (unpaired) electrons. The minimum Gasteiger partial charge on any atom is -0.328 e. The monoisotopic (exact) mass is 244 g/mol. The van der Waals surface area contributed by atoms with Crippen molar-refractivity contribution >= 4 is 0 Å². The molecule has 2 saturated carbocycles. The van der Waals surface area contributed by atoms with Gasteiger partial charge in [0, 0.05) is 11.6 Å². The van der Waals surface area contributed by atoms with E-state index in [2.05, 4.69) is 24.3 Å². The van der Waals surface area contributed by atoms with E-state index in [0.717, 1.165) is 18.8 Å². The minimum absolute atomic E-state index is 0.148. The molecule has 2 heteroatoms. The Hall–Kier alpha value is -0.860. The van der Waals surface area contributed by atoms with Crippen LogP contribution < -0.4 is 11.5 Å². The van der Waals surface area contributed by atoms with Crippen molar-refractivity contribution in [1.29, 1.82) is 0 Å². The molecule has 2 fully saturated rings. The van der Waals surface area contributed by atoms with E-state index in [1.165, 1.54) is 43.2 Å². The van der Waals surface area contributed by atoms with E-state index in [1.54, 1.807) is 0 Å². The lowest BCUT2D eigenvalue weighted by atomic mass is 9.69. The van der Waals surface area contributed by atoms with Crippen molar-refractivity contribution in [2.75, 3.05) is 0 Å². The summed E-state index contributed by atoms with van der Waals surface area (Å²) >= 11 is 0. The van der Waals surface area contributed by atoms with Crippen LogP contribution in [0.1, 0.15) is 62.0 Å². The topological polar surface area (TPSA) is 52.0 Å². The zero-order valence-corrected chi connectivity index (χ0v) is 11.1. The number of hydrogen-bond donors (Lipinski definition) is 2. The molecule has 98 valence electrons. The molecule has 0 unspecified atom stereocenters. The Morgan fingerprint density at radius 1 is 0.944 bits per heavy atom. The Balaban J connectivity index is 1.72. The zero-order valence-electron chi connectivity index (χ0n) is 11.1. The summed E-state index contributed by atoms with van der Waals surface area (Å²) in [5.74, 6) is 0.783. The molecule has 1 aromatic rings. The number of nitrogens with two attached hydrogens (primary N) is 2. The molecule has 2 nitrogen and oxygen atoms in total. The summed E-state index contributed by atoms with van der Waals surface area (Å²) in [5, 5.41) is 0. The molecule has 3 rings (SSSR count). The van der Waals surface area contributed by atoms with E-state index < -0.39 is 0 Å². The predicted molar refractivity (Wildman–Crippen MR) is 75.3 cm³/mol. The van der Waals surface area contributed by atoms with Crippen LogP contribution >= 0.6 is 0 Å². The van der Waals surface area contributed by atoms with Crippen LogP contribution in [-0.4, -0.2) is 6.04 Å². The van der Waals surface area contributed by atoms with Gasteiger partial charge in [0.15, 0.2) is 0 Å². The van der Waals surface area contributed by atoms with E-state index >= 15 is 0 Å². The van der Waals surface area contributed by atoms with Crippen molar-refractivity contribution in [3.8, 4) is 0 Å². The van der Waals surface area contributed by atoms with Crippen LogP contribution in [0.15, 0.2) is 24.3 Å². The first-order chi connectivity index (χ1) is 8.67. The van der Waals surface area contributed by atoms with Crippen molar-refractivity contribution in [3.05, 3.63) is 35.4 Å². The second kappa shape index (κ2) is 4.67. The van der Waals surface area contributed by atoms with E-state index in [1.807, 2.05) is 0 Å². The minimum atomic E-state index is -0.148. The van der Waals surface area contributed by atoms with Crippen LogP contribution in [0.2, 0.25) is 0 Å². The summed E-state index contributed by atoms with van der Waals surface area (Å²) in [7, 11) is 0. The number of rotatable bonds is 2. The Morgan fingerprint density at radius 3 is 2.11 bits per heavy atom. The predicted octanol–water partition coefficient (Wildman–Crippen LogP) is 3.01. The van der Waals surface area contributed by atoms with Crippen LogP contribution in [0, 0.1) is 0 Å². The third-order valence-electron chi connectivity index (χ3n) is 4.82. The van der Waals surface area contributed by atoms with Gasteiger partial charge in [0.1, 0.15) is 0 Å². The number of hydrogen-bond acceptors (Lipinski definition) is 2. The van der Waals surface area contributed by atoms with Crippen LogP contribution in [0.3, 0.4) is 0 Å². The van der Waals surface area contributed by atoms with Crippen molar-refractivity contribution in [3.63, 3.8) is 0 Å². The summed E-state index contributed by atoms with van der Waals surface area (Å²) in [6, 6.07) is 9.35. The standard InChI is InChI=1S/C16H24N2/c17-15-10-16(18,11-15)14-8-6-13(7-9-14)12-4-2-1-3-5-12/h6-9,12,15H,1-5,10-11,17-18H2. The molecular weight excluding hydrogens is 220 g/mol.